The van der Waals surface area contributed by atoms with E-state index < -0.39 is 15.7 Å². The molecule has 2 aromatic heterocycles. The Bertz CT molecular complexity index is 1050. The van der Waals surface area contributed by atoms with Gasteiger partial charge in [-0.05, 0) is 30.7 Å². The lowest BCUT2D eigenvalue weighted by Crippen LogP contribution is -2.14. The molecule has 1 aromatic carbocycles. The third kappa shape index (κ3) is 3.01. The third-order valence-electron chi connectivity index (χ3n) is 4.45. The van der Waals surface area contributed by atoms with Gasteiger partial charge < -0.3 is 10.7 Å². The molecule has 3 N–H and O–H groups in total. The van der Waals surface area contributed by atoms with E-state index in [1.807, 2.05) is 12.1 Å². The van der Waals surface area contributed by atoms with Crippen LogP contribution in [0.15, 0.2) is 42.6 Å². The predicted octanol–water partition coefficient (Wildman–Crippen LogP) is 1.40. The van der Waals surface area contributed by atoms with Crippen molar-refractivity contribution in [1.29, 1.82) is 0 Å². The molecule has 1 atom stereocenters. The van der Waals surface area contributed by atoms with Crippen molar-refractivity contribution in [3.63, 3.8) is 0 Å². The number of rotatable bonds is 4. The molecule has 0 saturated carbocycles. The number of hydrogen-bond acceptors (Lipinski definition) is 5. The first-order chi connectivity index (χ1) is 12.4. The Morgan fingerprint density at radius 2 is 2.00 bits per heavy atom. The molecular formula is C17H17N5O3S. The normalized spacial score (nSPS) is 18.8. The second-order valence-electron chi connectivity index (χ2n) is 6.29. The van der Waals surface area contributed by atoms with Gasteiger partial charge in [-0.1, -0.05) is 12.1 Å². The van der Waals surface area contributed by atoms with Crippen LogP contribution in [0.5, 0.6) is 0 Å². The monoisotopic (exact) mass is 371 g/mol. The quantitative estimate of drug-likeness (QED) is 0.717. The van der Waals surface area contributed by atoms with Crippen molar-refractivity contribution in [1.82, 2.24) is 19.7 Å². The lowest BCUT2D eigenvalue weighted by molar-refractivity contribution is 0.100. The fraction of sp³-hybridized carbons (Fsp3) is 0.235. The minimum absolute atomic E-state index is 0.0596. The van der Waals surface area contributed by atoms with Crippen LogP contribution in [0, 0.1) is 0 Å². The topological polar surface area (TPSA) is 124 Å². The van der Waals surface area contributed by atoms with E-state index in [-0.39, 0.29) is 17.5 Å². The summed E-state index contributed by atoms with van der Waals surface area (Å²) in [6.07, 6.45) is 2.29. The first-order valence-corrected chi connectivity index (χ1v) is 9.96. The molecule has 8 nitrogen and oxygen atoms in total. The summed E-state index contributed by atoms with van der Waals surface area (Å²) >= 11 is 0. The Kier molecular flexibility index (Phi) is 3.87. The molecule has 26 heavy (non-hydrogen) atoms. The van der Waals surface area contributed by atoms with Crippen molar-refractivity contribution in [3.05, 3.63) is 48.2 Å². The number of nitrogens with one attached hydrogen (secondary N) is 1. The van der Waals surface area contributed by atoms with Gasteiger partial charge in [0.15, 0.2) is 21.5 Å². The first-order valence-electron chi connectivity index (χ1n) is 8.14. The third-order valence-corrected chi connectivity index (χ3v) is 6.20. The second kappa shape index (κ2) is 6.10. The molecule has 4 rings (SSSR count). The molecule has 9 heteroatoms. The van der Waals surface area contributed by atoms with Crippen LogP contribution < -0.4 is 5.73 Å². The van der Waals surface area contributed by atoms with Crippen molar-refractivity contribution in [2.75, 3.05) is 11.5 Å². The van der Waals surface area contributed by atoms with Gasteiger partial charge in [-0.2, -0.15) is 5.10 Å². The van der Waals surface area contributed by atoms with E-state index in [1.165, 1.54) is 0 Å². The molecule has 0 bridgehead atoms. The number of aromatic amines is 1. The Morgan fingerprint density at radius 1 is 1.23 bits per heavy atom. The van der Waals surface area contributed by atoms with Crippen LogP contribution in [0.1, 0.15) is 22.8 Å². The molecule has 1 unspecified atom stereocenters. The molecule has 1 aliphatic heterocycles. The predicted molar refractivity (Wildman–Crippen MR) is 96.1 cm³/mol. The van der Waals surface area contributed by atoms with Crippen LogP contribution in [0.2, 0.25) is 0 Å². The zero-order chi connectivity index (χ0) is 18.3. The van der Waals surface area contributed by atoms with E-state index in [0.29, 0.717) is 23.6 Å². The summed E-state index contributed by atoms with van der Waals surface area (Å²) < 4.78 is 25.4. The van der Waals surface area contributed by atoms with Gasteiger partial charge in [-0.25, -0.2) is 18.1 Å². The van der Waals surface area contributed by atoms with Crippen molar-refractivity contribution in [2.45, 2.75) is 12.5 Å². The smallest absolute Gasteiger partial charge is 0.248 e. The van der Waals surface area contributed by atoms with Crippen LogP contribution >= 0.6 is 0 Å². The highest BCUT2D eigenvalue weighted by molar-refractivity contribution is 7.91. The van der Waals surface area contributed by atoms with E-state index >= 15 is 0 Å². The minimum Gasteiger partial charge on any atom is -0.366 e. The average Bonchev–Trinajstić information content (AvgIpc) is 3.33. The molecule has 1 amide bonds. The van der Waals surface area contributed by atoms with E-state index in [4.69, 9.17) is 5.73 Å². The van der Waals surface area contributed by atoms with Crippen LogP contribution in [0.25, 0.3) is 22.9 Å². The summed E-state index contributed by atoms with van der Waals surface area (Å²) in [5, 5.41) is 4.56. The summed E-state index contributed by atoms with van der Waals surface area (Å²) in [5.41, 5.74) is 7.16. The SMILES string of the molecule is NC(=O)c1ccc(-c2nc(-c3ccc[nH]3)n(C3CCS(=O)(=O)C3)n2)cc1. The minimum atomic E-state index is -3.05. The van der Waals surface area contributed by atoms with Crippen molar-refractivity contribution < 1.29 is 13.2 Å². The van der Waals surface area contributed by atoms with Crippen LogP contribution in [-0.4, -0.2) is 45.6 Å². The zero-order valence-corrected chi connectivity index (χ0v) is 14.6. The number of primary amides is 1. The lowest BCUT2D eigenvalue weighted by atomic mass is 10.1. The Morgan fingerprint density at radius 3 is 2.58 bits per heavy atom. The van der Waals surface area contributed by atoms with Gasteiger partial charge in [-0.15, -0.1) is 0 Å². The number of carbonyl (C=O) groups excluding carboxylic acids is 1. The molecule has 134 valence electrons. The maximum atomic E-state index is 11.9. The Balaban J connectivity index is 1.77. The molecule has 3 heterocycles. The number of H-pyrrole nitrogens is 1. The van der Waals surface area contributed by atoms with Gasteiger partial charge in [0, 0.05) is 17.3 Å². The number of sulfone groups is 1. The molecule has 1 saturated heterocycles. The van der Waals surface area contributed by atoms with Crippen molar-refractivity contribution >= 4 is 15.7 Å². The molecule has 3 aromatic rings. The van der Waals surface area contributed by atoms with Crippen molar-refractivity contribution in [3.8, 4) is 22.9 Å². The molecule has 0 radical (unpaired) electrons. The molecule has 1 fully saturated rings. The zero-order valence-electron chi connectivity index (χ0n) is 13.8. The summed E-state index contributed by atoms with van der Waals surface area (Å²) in [4.78, 5) is 18.9. The van der Waals surface area contributed by atoms with E-state index in [9.17, 15) is 13.2 Å². The van der Waals surface area contributed by atoms with Gasteiger partial charge >= 0.3 is 0 Å². The Labute approximate surface area is 150 Å². The molecule has 0 aliphatic carbocycles. The van der Waals surface area contributed by atoms with Crippen LogP contribution in [0.3, 0.4) is 0 Å². The fourth-order valence-corrected chi connectivity index (χ4v) is 4.80. The number of aromatic nitrogens is 4. The summed E-state index contributed by atoms with van der Waals surface area (Å²) in [5.74, 6) is 0.772. The van der Waals surface area contributed by atoms with Gasteiger partial charge in [0.25, 0.3) is 0 Å². The molecule has 0 spiro atoms. The number of amides is 1. The number of hydrogen-bond donors (Lipinski definition) is 2. The molecular weight excluding hydrogens is 354 g/mol. The standard InChI is InChI=1S/C17H17N5O3S/c18-15(23)11-3-5-12(6-4-11)16-20-17(14-2-1-8-19-14)22(21-16)13-7-9-26(24,25)10-13/h1-6,8,13,19H,7,9-10H2,(H2,18,23). The largest absolute Gasteiger partial charge is 0.366 e. The number of benzene rings is 1. The summed E-state index contributed by atoms with van der Waals surface area (Å²) in [7, 11) is -3.05. The maximum Gasteiger partial charge on any atom is 0.248 e. The van der Waals surface area contributed by atoms with E-state index in [2.05, 4.69) is 15.1 Å². The molecule has 1 aliphatic rings. The highest BCUT2D eigenvalue weighted by Gasteiger charge is 2.32. The van der Waals surface area contributed by atoms with E-state index in [0.717, 1.165) is 11.3 Å². The van der Waals surface area contributed by atoms with Gasteiger partial charge in [0.1, 0.15) is 0 Å². The highest BCUT2D eigenvalue weighted by Crippen LogP contribution is 2.30. The summed E-state index contributed by atoms with van der Waals surface area (Å²) in [6.45, 7) is 0. The number of nitrogens with zero attached hydrogens (tertiary/aromatic N) is 3. The summed E-state index contributed by atoms with van der Waals surface area (Å²) in [6, 6.07) is 10.2. The number of carbonyl (C=O) groups is 1. The highest BCUT2D eigenvalue weighted by atomic mass is 32.2. The number of nitrogens with two attached hydrogens (primary N) is 1. The van der Waals surface area contributed by atoms with Crippen molar-refractivity contribution in [2.24, 2.45) is 5.73 Å². The average molecular weight is 371 g/mol. The maximum absolute atomic E-state index is 11.9. The lowest BCUT2D eigenvalue weighted by Gasteiger charge is -2.10. The van der Waals surface area contributed by atoms with Gasteiger partial charge in [0.2, 0.25) is 5.91 Å². The van der Waals surface area contributed by atoms with E-state index in [1.54, 1.807) is 35.1 Å². The second-order valence-corrected chi connectivity index (χ2v) is 8.51. The van der Waals surface area contributed by atoms with Gasteiger partial charge in [0.05, 0.1) is 23.2 Å². The van der Waals surface area contributed by atoms with Crippen LogP contribution in [-0.2, 0) is 9.84 Å². The fourth-order valence-electron chi connectivity index (χ4n) is 3.11. The van der Waals surface area contributed by atoms with Crippen LogP contribution in [0.4, 0.5) is 0 Å². The van der Waals surface area contributed by atoms with Gasteiger partial charge in [-0.3, -0.25) is 4.79 Å². The Hall–Kier alpha value is -2.94. The first kappa shape index (κ1) is 16.5.